The standard InChI is InChI=1S/C15H13ClO3/c1-9-6-7-12(10(2)8-9)19-13-5-3-4-11(16)14(13)15(17)18/h3-8H,1-2H3,(H,17,18). The lowest BCUT2D eigenvalue weighted by Gasteiger charge is -2.12. The quantitative estimate of drug-likeness (QED) is 0.901. The Morgan fingerprint density at radius 1 is 1.16 bits per heavy atom. The predicted octanol–water partition coefficient (Wildman–Crippen LogP) is 4.45. The second kappa shape index (κ2) is 5.33. The van der Waals surface area contributed by atoms with Crippen molar-refractivity contribution in [1.82, 2.24) is 0 Å². The lowest BCUT2D eigenvalue weighted by atomic mass is 10.1. The second-order valence-electron chi connectivity index (χ2n) is 4.29. The van der Waals surface area contributed by atoms with Gasteiger partial charge in [-0.3, -0.25) is 0 Å². The van der Waals surface area contributed by atoms with Crippen molar-refractivity contribution in [3.8, 4) is 11.5 Å². The van der Waals surface area contributed by atoms with Gasteiger partial charge in [-0.2, -0.15) is 0 Å². The lowest BCUT2D eigenvalue weighted by molar-refractivity contribution is 0.0694. The van der Waals surface area contributed by atoms with Crippen LogP contribution in [0.5, 0.6) is 11.5 Å². The Hall–Kier alpha value is -2.00. The molecule has 19 heavy (non-hydrogen) atoms. The first-order valence-corrected chi connectivity index (χ1v) is 6.13. The molecular formula is C15H13ClO3. The van der Waals surface area contributed by atoms with Gasteiger partial charge in [-0.25, -0.2) is 4.79 Å². The summed E-state index contributed by atoms with van der Waals surface area (Å²) in [5, 5.41) is 9.34. The summed E-state index contributed by atoms with van der Waals surface area (Å²) in [7, 11) is 0. The van der Waals surface area contributed by atoms with Gasteiger partial charge in [0.2, 0.25) is 0 Å². The van der Waals surface area contributed by atoms with Gasteiger partial charge in [0.25, 0.3) is 0 Å². The summed E-state index contributed by atoms with van der Waals surface area (Å²) in [6.07, 6.45) is 0. The van der Waals surface area contributed by atoms with Crippen LogP contribution in [0.1, 0.15) is 21.5 Å². The maximum Gasteiger partial charge on any atom is 0.341 e. The third-order valence-corrected chi connectivity index (χ3v) is 3.05. The number of aromatic carboxylic acids is 1. The Morgan fingerprint density at radius 2 is 1.89 bits per heavy atom. The van der Waals surface area contributed by atoms with Crippen molar-refractivity contribution >= 4 is 17.6 Å². The van der Waals surface area contributed by atoms with E-state index in [-0.39, 0.29) is 16.3 Å². The molecule has 0 fully saturated rings. The average molecular weight is 277 g/mol. The van der Waals surface area contributed by atoms with Gasteiger partial charge in [-0.1, -0.05) is 35.4 Å². The van der Waals surface area contributed by atoms with E-state index >= 15 is 0 Å². The molecule has 0 heterocycles. The minimum atomic E-state index is -1.11. The molecule has 2 rings (SSSR count). The molecule has 0 saturated carbocycles. The van der Waals surface area contributed by atoms with Gasteiger partial charge in [-0.15, -0.1) is 0 Å². The first-order valence-electron chi connectivity index (χ1n) is 5.76. The van der Waals surface area contributed by atoms with Crippen LogP contribution in [-0.4, -0.2) is 11.1 Å². The molecule has 2 aromatic rings. The van der Waals surface area contributed by atoms with Crippen LogP contribution in [0.4, 0.5) is 0 Å². The van der Waals surface area contributed by atoms with Crippen LogP contribution >= 0.6 is 11.6 Å². The van der Waals surface area contributed by atoms with E-state index in [0.29, 0.717) is 5.75 Å². The van der Waals surface area contributed by atoms with Gasteiger partial charge in [0.05, 0.1) is 5.02 Å². The molecule has 0 amide bonds. The van der Waals surface area contributed by atoms with Crippen LogP contribution in [0, 0.1) is 13.8 Å². The van der Waals surface area contributed by atoms with Crippen LogP contribution in [0.15, 0.2) is 36.4 Å². The molecule has 0 aliphatic rings. The molecule has 3 nitrogen and oxygen atoms in total. The summed E-state index contributed by atoms with van der Waals surface area (Å²) in [6.45, 7) is 3.90. The van der Waals surface area contributed by atoms with Crippen molar-refractivity contribution in [3.05, 3.63) is 58.1 Å². The van der Waals surface area contributed by atoms with Crippen molar-refractivity contribution in [1.29, 1.82) is 0 Å². The SMILES string of the molecule is Cc1ccc(Oc2cccc(Cl)c2C(=O)O)c(C)c1. The number of benzene rings is 2. The summed E-state index contributed by atoms with van der Waals surface area (Å²) in [4.78, 5) is 11.2. The highest BCUT2D eigenvalue weighted by molar-refractivity contribution is 6.33. The zero-order valence-electron chi connectivity index (χ0n) is 10.6. The van der Waals surface area contributed by atoms with Gasteiger partial charge in [-0.05, 0) is 37.6 Å². The number of hydrogen-bond donors (Lipinski definition) is 1. The van der Waals surface area contributed by atoms with Gasteiger partial charge >= 0.3 is 5.97 Å². The second-order valence-corrected chi connectivity index (χ2v) is 4.70. The summed E-state index contributed by atoms with van der Waals surface area (Å²) >= 11 is 5.89. The third-order valence-electron chi connectivity index (χ3n) is 2.74. The Bertz CT molecular complexity index is 635. The fraction of sp³-hybridized carbons (Fsp3) is 0.133. The molecule has 0 spiro atoms. The average Bonchev–Trinajstić information content (AvgIpc) is 2.32. The molecule has 0 atom stereocenters. The Labute approximate surface area is 116 Å². The normalized spacial score (nSPS) is 10.3. The van der Waals surface area contributed by atoms with E-state index in [1.54, 1.807) is 12.1 Å². The van der Waals surface area contributed by atoms with Crippen molar-refractivity contribution < 1.29 is 14.6 Å². The number of carbonyl (C=O) groups is 1. The van der Waals surface area contributed by atoms with E-state index in [4.69, 9.17) is 16.3 Å². The summed E-state index contributed by atoms with van der Waals surface area (Å²) in [5.41, 5.74) is 2.04. The molecular weight excluding hydrogens is 264 g/mol. The van der Waals surface area contributed by atoms with E-state index in [2.05, 4.69) is 0 Å². The van der Waals surface area contributed by atoms with E-state index in [1.165, 1.54) is 6.07 Å². The van der Waals surface area contributed by atoms with Crippen LogP contribution in [0.25, 0.3) is 0 Å². The first-order chi connectivity index (χ1) is 8.99. The van der Waals surface area contributed by atoms with Gasteiger partial charge < -0.3 is 9.84 Å². The fourth-order valence-electron chi connectivity index (χ4n) is 1.83. The monoisotopic (exact) mass is 276 g/mol. The maximum absolute atomic E-state index is 11.2. The molecule has 98 valence electrons. The van der Waals surface area contributed by atoms with Gasteiger partial charge in [0.15, 0.2) is 0 Å². The molecule has 1 N–H and O–H groups in total. The molecule has 0 aromatic heterocycles. The molecule has 4 heteroatoms. The Balaban J connectivity index is 2.44. The van der Waals surface area contributed by atoms with E-state index < -0.39 is 5.97 Å². The first kappa shape index (κ1) is 13.4. The number of ether oxygens (including phenoxy) is 1. The minimum absolute atomic E-state index is 0.0239. The van der Waals surface area contributed by atoms with E-state index in [9.17, 15) is 9.90 Å². The smallest absolute Gasteiger partial charge is 0.341 e. The summed E-state index contributed by atoms with van der Waals surface area (Å²) in [5.74, 6) is -0.243. The summed E-state index contributed by atoms with van der Waals surface area (Å²) in [6, 6.07) is 10.5. The predicted molar refractivity (Wildman–Crippen MR) is 74.4 cm³/mol. The zero-order valence-corrected chi connectivity index (χ0v) is 11.4. The topological polar surface area (TPSA) is 46.5 Å². The molecule has 0 aliphatic carbocycles. The van der Waals surface area contributed by atoms with Crippen LogP contribution < -0.4 is 4.74 Å². The van der Waals surface area contributed by atoms with Crippen LogP contribution in [-0.2, 0) is 0 Å². The highest BCUT2D eigenvalue weighted by Gasteiger charge is 2.16. The van der Waals surface area contributed by atoms with Crippen molar-refractivity contribution in [3.63, 3.8) is 0 Å². The number of carboxylic acid groups (broad SMARTS) is 1. The third kappa shape index (κ3) is 2.88. The number of aryl methyl sites for hydroxylation is 2. The van der Waals surface area contributed by atoms with Gasteiger partial charge in [0.1, 0.15) is 17.1 Å². The number of hydrogen-bond acceptors (Lipinski definition) is 2. The molecule has 0 aliphatic heterocycles. The Kier molecular flexibility index (Phi) is 3.76. The highest BCUT2D eigenvalue weighted by Crippen LogP contribution is 2.32. The van der Waals surface area contributed by atoms with E-state index in [1.807, 2.05) is 32.0 Å². The number of halogens is 1. The fourth-order valence-corrected chi connectivity index (χ4v) is 2.08. The molecule has 2 aromatic carbocycles. The number of rotatable bonds is 3. The molecule has 0 saturated heterocycles. The van der Waals surface area contributed by atoms with Crippen molar-refractivity contribution in [2.75, 3.05) is 0 Å². The van der Waals surface area contributed by atoms with Crippen LogP contribution in [0.2, 0.25) is 5.02 Å². The van der Waals surface area contributed by atoms with E-state index in [0.717, 1.165) is 11.1 Å². The lowest BCUT2D eigenvalue weighted by Crippen LogP contribution is -2.01. The summed E-state index contributed by atoms with van der Waals surface area (Å²) < 4.78 is 5.67. The maximum atomic E-state index is 11.2. The minimum Gasteiger partial charge on any atom is -0.478 e. The highest BCUT2D eigenvalue weighted by atomic mass is 35.5. The Morgan fingerprint density at radius 3 is 2.53 bits per heavy atom. The molecule has 0 unspecified atom stereocenters. The van der Waals surface area contributed by atoms with Crippen LogP contribution in [0.3, 0.4) is 0 Å². The number of carboxylic acids is 1. The molecule has 0 bridgehead atoms. The zero-order chi connectivity index (χ0) is 14.0. The molecule has 0 radical (unpaired) electrons. The van der Waals surface area contributed by atoms with Crippen molar-refractivity contribution in [2.24, 2.45) is 0 Å². The van der Waals surface area contributed by atoms with Gasteiger partial charge in [0, 0.05) is 0 Å². The largest absolute Gasteiger partial charge is 0.478 e. The van der Waals surface area contributed by atoms with Crippen molar-refractivity contribution in [2.45, 2.75) is 13.8 Å².